The summed E-state index contributed by atoms with van der Waals surface area (Å²) in [5.41, 5.74) is 3.18. The highest BCUT2D eigenvalue weighted by atomic mass is 16.5. The number of anilines is 1. The molecule has 2 N–H and O–H groups in total. The minimum Gasteiger partial charge on any atom is -0.460 e. The van der Waals surface area contributed by atoms with E-state index in [4.69, 9.17) is 4.74 Å². The average molecular weight is 699 g/mol. The summed E-state index contributed by atoms with van der Waals surface area (Å²) in [7, 11) is 0. The molecule has 4 aromatic heterocycles. The van der Waals surface area contributed by atoms with E-state index in [9.17, 15) is 14.7 Å². The first-order valence-electron chi connectivity index (χ1n) is 18.5. The Kier molecular flexibility index (Phi) is 9.90. The number of esters is 1. The first kappa shape index (κ1) is 35.1. The summed E-state index contributed by atoms with van der Waals surface area (Å²) in [6.07, 6.45) is 8.39. The summed E-state index contributed by atoms with van der Waals surface area (Å²) in [6.45, 7) is 14.5. The molecule has 2 aliphatic carbocycles. The number of hydrogen-bond donors (Lipinski definition) is 2. The van der Waals surface area contributed by atoms with E-state index in [0.717, 1.165) is 67.3 Å². The molecule has 0 bridgehead atoms. The topological polar surface area (TPSA) is 166 Å². The molecule has 7 rings (SSSR count). The fourth-order valence-corrected chi connectivity index (χ4v) is 8.96. The average Bonchev–Trinajstić information content (AvgIpc) is 3.89. The van der Waals surface area contributed by atoms with Crippen LogP contribution in [-0.4, -0.2) is 94.7 Å². The van der Waals surface area contributed by atoms with E-state index < -0.39 is 23.6 Å². The molecular formula is C37H50N10O4. The second-order valence-corrected chi connectivity index (χ2v) is 15.2. The van der Waals surface area contributed by atoms with E-state index in [1.165, 1.54) is 4.68 Å². The van der Waals surface area contributed by atoms with Crippen LogP contribution in [0.5, 0.6) is 0 Å². The van der Waals surface area contributed by atoms with Gasteiger partial charge in [-0.15, -0.1) is 5.10 Å². The van der Waals surface area contributed by atoms with Crippen molar-refractivity contribution in [1.82, 2.24) is 44.8 Å². The lowest BCUT2D eigenvalue weighted by Gasteiger charge is -2.51. The Bertz CT molecular complexity index is 1850. The molecular weight excluding hydrogens is 648 g/mol. The van der Waals surface area contributed by atoms with Crippen molar-refractivity contribution in [2.45, 2.75) is 85.6 Å². The third-order valence-electron chi connectivity index (χ3n) is 12.3. The summed E-state index contributed by atoms with van der Waals surface area (Å²) >= 11 is 0. The molecule has 5 heterocycles. The number of fused-ring (bicyclic) bond motifs is 2. The number of aromatic nitrogens is 8. The SMILES string of the molecule is CCC(C)[C@]1(C)[C@@H]2C(=O)CCC2[C@@H](C)[C@H](O)[C@@H](C)C[C@H]1OC(=O)Cn1cc(-c2ccc(Cn3cnc4c(N5CCNCC5)ncnc43)nc2)nn1. The number of hydrogen-bond acceptors (Lipinski definition) is 12. The van der Waals surface area contributed by atoms with Crippen LogP contribution in [0.4, 0.5) is 5.82 Å². The van der Waals surface area contributed by atoms with Gasteiger partial charge in [-0.3, -0.25) is 14.6 Å². The molecule has 51 heavy (non-hydrogen) atoms. The number of aliphatic hydroxyl groups is 1. The van der Waals surface area contributed by atoms with Gasteiger partial charge in [0, 0.05) is 55.7 Å². The van der Waals surface area contributed by atoms with Gasteiger partial charge in [-0.1, -0.05) is 46.3 Å². The number of ether oxygens (including phenoxy) is 1. The lowest BCUT2D eigenvalue weighted by atomic mass is 9.55. The largest absolute Gasteiger partial charge is 0.460 e. The minimum absolute atomic E-state index is 0.00426. The van der Waals surface area contributed by atoms with Crippen molar-refractivity contribution < 1.29 is 19.4 Å². The number of nitrogens with one attached hydrogen (secondary N) is 1. The Morgan fingerprint density at radius 1 is 1.16 bits per heavy atom. The van der Waals surface area contributed by atoms with Gasteiger partial charge in [-0.05, 0) is 48.6 Å². The molecule has 0 radical (unpaired) electrons. The van der Waals surface area contributed by atoms with Crippen LogP contribution in [0, 0.1) is 35.0 Å². The molecule has 0 spiro atoms. The van der Waals surface area contributed by atoms with Gasteiger partial charge in [-0.2, -0.15) is 0 Å². The van der Waals surface area contributed by atoms with Crippen molar-refractivity contribution >= 4 is 28.7 Å². The zero-order chi connectivity index (χ0) is 35.9. The predicted octanol–water partition coefficient (Wildman–Crippen LogP) is 3.53. The van der Waals surface area contributed by atoms with E-state index in [-0.39, 0.29) is 41.9 Å². The van der Waals surface area contributed by atoms with Crippen LogP contribution in [0.15, 0.2) is 37.2 Å². The van der Waals surface area contributed by atoms with Crippen LogP contribution in [0.25, 0.3) is 22.4 Å². The van der Waals surface area contributed by atoms with Crippen molar-refractivity contribution in [3.8, 4) is 11.3 Å². The number of carbonyl (C=O) groups excluding carboxylic acids is 2. The number of piperazine rings is 1. The first-order valence-corrected chi connectivity index (χ1v) is 18.5. The number of nitrogens with zero attached hydrogens (tertiary/aromatic N) is 9. The van der Waals surface area contributed by atoms with Crippen molar-refractivity contribution in [2.75, 3.05) is 31.1 Å². The minimum atomic E-state index is -0.563. The molecule has 3 aliphatic rings. The van der Waals surface area contributed by atoms with Crippen LogP contribution in [0.2, 0.25) is 0 Å². The van der Waals surface area contributed by atoms with Crippen LogP contribution in [0.3, 0.4) is 0 Å². The zero-order valence-electron chi connectivity index (χ0n) is 30.3. The Labute approximate surface area is 298 Å². The van der Waals surface area contributed by atoms with Gasteiger partial charge in [0.2, 0.25) is 0 Å². The maximum absolute atomic E-state index is 13.6. The van der Waals surface area contributed by atoms with E-state index in [2.05, 4.69) is 68.2 Å². The number of rotatable bonds is 9. The summed E-state index contributed by atoms with van der Waals surface area (Å²) in [5, 5.41) is 23.1. The van der Waals surface area contributed by atoms with E-state index >= 15 is 0 Å². The second kappa shape index (κ2) is 14.4. The normalized spacial score (nSPS) is 29.1. The molecule has 4 aromatic rings. The summed E-state index contributed by atoms with van der Waals surface area (Å²) in [6, 6.07) is 3.87. The second-order valence-electron chi connectivity index (χ2n) is 15.2. The summed E-state index contributed by atoms with van der Waals surface area (Å²) in [4.78, 5) is 47.6. The van der Waals surface area contributed by atoms with Crippen molar-refractivity contribution in [1.29, 1.82) is 0 Å². The molecule has 14 heteroatoms. The van der Waals surface area contributed by atoms with Gasteiger partial charge in [0.05, 0.1) is 30.9 Å². The highest BCUT2D eigenvalue weighted by Crippen LogP contribution is 2.55. The highest BCUT2D eigenvalue weighted by Gasteiger charge is 2.58. The summed E-state index contributed by atoms with van der Waals surface area (Å²) < 4.78 is 9.76. The molecule has 8 atom stereocenters. The summed E-state index contributed by atoms with van der Waals surface area (Å²) in [5.74, 6) is 0.516. The first-order chi connectivity index (χ1) is 24.6. The Morgan fingerprint density at radius 3 is 2.71 bits per heavy atom. The molecule has 1 aliphatic heterocycles. The third-order valence-corrected chi connectivity index (χ3v) is 12.3. The predicted molar refractivity (Wildman–Crippen MR) is 190 cm³/mol. The molecule has 2 saturated carbocycles. The molecule has 0 amide bonds. The standard InChI is InChI=1S/C37H50N10O4/c1-6-23(3)37(5)30(15-22(2)34(50)24(4)27-9-10-29(48)32(27)37)51-31(49)19-47-18-28(43-44-47)25-7-8-26(39-16-25)17-46-21-42-33-35(40-20-41-36(33)46)45-13-11-38-12-14-45/h7-8,16,18,20-24,27,30,32,34,38,50H,6,9-15,17,19H2,1-5H3/t22-,23?,24+,27?,30+,32-,34+,37-/m0/s1. The molecule has 0 aromatic carbocycles. The van der Waals surface area contributed by atoms with Gasteiger partial charge in [0.1, 0.15) is 30.5 Å². The fourth-order valence-electron chi connectivity index (χ4n) is 8.96. The molecule has 2 unspecified atom stereocenters. The van der Waals surface area contributed by atoms with Gasteiger partial charge >= 0.3 is 5.97 Å². The Balaban J connectivity index is 1.03. The lowest BCUT2D eigenvalue weighted by molar-refractivity contribution is -0.177. The number of imidazole rings is 1. The lowest BCUT2D eigenvalue weighted by Crippen LogP contribution is -2.54. The Hall–Kier alpha value is -4.30. The fraction of sp³-hybridized carbons (Fsp3) is 0.622. The molecule has 1 saturated heterocycles. The Morgan fingerprint density at radius 2 is 1.96 bits per heavy atom. The van der Waals surface area contributed by atoms with Gasteiger partial charge in [-0.25, -0.2) is 19.6 Å². The quantitative estimate of drug-likeness (QED) is 0.245. The van der Waals surface area contributed by atoms with Gasteiger partial charge in [0.15, 0.2) is 17.0 Å². The smallest absolute Gasteiger partial charge is 0.328 e. The van der Waals surface area contributed by atoms with Gasteiger partial charge < -0.3 is 24.6 Å². The molecule has 3 fully saturated rings. The third kappa shape index (κ3) is 6.63. The van der Waals surface area contributed by atoms with Gasteiger partial charge in [0.25, 0.3) is 0 Å². The van der Waals surface area contributed by atoms with E-state index in [1.807, 2.05) is 23.6 Å². The number of carbonyl (C=O) groups is 2. The van der Waals surface area contributed by atoms with E-state index in [0.29, 0.717) is 25.1 Å². The maximum atomic E-state index is 13.6. The van der Waals surface area contributed by atoms with Crippen molar-refractivity contribution in [2.24, 2.45) is 35.0 Å². The number of pyridine rings is 1. The number of aliphatic hydroxyl groups excluding tert-OH is 1. The molecule has 272 valence electrons. The number of Topliss-reactive ketones (excluding diaryl/α,β-unsaturated/α-hetero) is 1. The van der Waals surface area contributed by atoms with Crippen LogP contribution >= 0.6 is 0 Å². The van der Waals surface area contributed by atoms with Crippen LogP contribution < -0.4 is 10.2 Å². The zero-order valence-corrected chi connectivity index (χ0v) is 30.3. The monoisotopic (exact) mass is 698 g/mol. The maximum Gasteiger partial charge on any atom is 0.328 e. The highest BCUT2D eigenvalue weighted by molar-refractivity contribution is 5.85. The van der Waals surface area contributed by atoms with Crippen LogP contribution in [0.1, 0.15) is 66.0 Å². The van der Waals surface area contributed by atoms with Crippen molar-refractivity contribution in [3.63, 3.8) is 0 Å². The number of ketones is 1. The van der Waals surface area contributed by atoms with Crippen LogP contribution in [-0.2, 0) is 27.4 Å². The van der Waals surface area contributed by atoms with E-state index in [1.54, 1.807) is 25.0 Å². The molecule has 14 nitrogen and oxygen atoms in total. The van der Waals surface area contributed by atoms with Crippen molar-refractivity contribution in [3.05, 3.63) is 42.9 Å².